The number of amides is 2. The Morgan fingerprint density at radius 1 is 1.38 bits per heavy atom. The van der Waals surface area contributed by atoms with E-state index in [9.17, 15) is 14.9 Å². The minimum atomic E-state index is -0.697. The number of piperidine rings is 1. The van der Waals surface area contributed by atoms with E-state index in [-0.39, 0.29) is 17.2 Å². The molecule has 135 valence electrons. The Kier molecular flexibility index (Phi) is 7.68. The maximum atomic E-state index is 12.7. The third-order valence-corrected chi connectivity index (χ3v) is 4.66. The molecule has 0 spiro atoms. The molecule has 6 nitrogen and oxygen atoms in total. The van der Waals surface area contributed by atoms with Gasteiger partial charge < -0.3 is 16.0 Å². The van der Waals surface area contributed by atoms with Crippen molar-refractivity contribution in [2.75, 3.05) is 19.6 Å². The summed E-state index contributed by atoms with van der Waals surface area (Å²) in [6, 6.07) is 2.40. The molecule has 0 aromatic carbocycles. The molecular weight excluding hydrogens is 304 g/mol. The predicted molar refractivity (Wildman–Crippen MR) is 93.6 cm³/mol. The lowest BCUT2D eigenvalue weighted by Gasteiger charge is -2.41. The van der Waals surface area contributed by atoms with Crippen LogP contribution in [0, 0.1) is 23.2 Å². The fourth-order valence-corrected chi connectivity index (χ4v) is 3.30. The summed E-state index contributed by atoms with van der Waals surface area (Å²) in [5, 5.41) is 13.0. The number of nitrogens with one attached hydrogen (secondary N) is 1. The Balaban J connectivity index is 2.67. The molecule has 1 rings (SSSR count). The molecule has 6 heteroatoms. The largest absolute Gasteiger partial charge is 0.370 e. The van der Waals surface area contributed by atoms with Crippen molar-refractivity contribution < 1.29 is 9.59 Å². The molecule has 2 amide bonds. The molecule has 0 unspecified atom stereocenters. The van der Waals surface area contributed by atoms with Gasteiger partial charge in [-0.3, -0.25) is 9.59 Å². The van der Waals surface area contributed by atoms with Crippen LogP contribution in [0.4, 0.5) is 0 Å². The van der Waals surface area contributed by atoms with Gasteiger partial charge >= 0.3 is 0 Å². The second-order valence-corrected chi connectivity index (χ2v) is 7.43. The molecule has 1 aliphatic heterocycles. The normalized spacial score (nSPS) is 17.1. The number of hydrogen-bond donors (Lipinski definition) is 2. The molecule has 1 saturated heterocycles. The van der Waals surface area contributed by atoms with Gasteiger partial charge in [-0.1, -0.05) is 20.8 Å². The summed E-state index contributed by atoms with van der Waals surface area (Å²) in [5.41, 5.74) is 4.35. The van der Waals surface area contributed by atoms with Gasteiger partial charge in [-0.2, -0.15) is 5.26 Å². The highest BCUT2D eigenvalue weighted by Crippen LogP contribution is 2.29. The van der Waals surface area contributed by atoms with Crippen LogP contribution in [0.25, 0.3) is 0 Å². The SMILES string of the molecule is CCCN(C(=O)[CH]CCC(C)(C)CC(N)=O)C1(C#N)CCNCC1. The summed E-state index contributed by atoms with van der Waals surface area (Å²) in [7, 11) is 0. The minimum Gasteiger partial charge on any atom is -0.370 e. The van der Waals surface area contributed by atoms with Crippen molar-refractivity contribution in [3.05, 3.63) is 6.42 Å². The van der Waals surface area contributed by atoms with Gasteiger partial charge in [0.15, 0.2) is 0 Å². The number of nitrogens with two attached hydrogens (primary N) is 1. The van der Waals surface area contributed by atoms with E-state index in [1.165, 1.54) is 0 Å². The molecule has 0 aromatic rings. The van der Waals surface area contributed by atoms with Gasteiger partial charge in [0.2, 0.25) is 11.8 Å². The number of carbonyl (C=O) groups is 2. The van der Waals surface area contributed by atoms with Crippen LogP contribution in [0.5, 0.6) is 0 Å². The number of primary amides is 1. The van der Waals surface area contributed by atoms with Crippen LogP contribution in [0.3, 0.4) is 0 Å². The Morgan fingerprint density at radius 3 is 2.50 bits per heavy atom. The van der Waals surface area contributed by atoms with Gasteiger partial charge in [-0.25, -0.2) is 0 Å². The van der Waals surface area contributed by atoms with Crippen LogP contribution in [-0.2, 0) is 9.59 Å². The molecule has 0 aromatic heterocycles. The van der Waals surface area contributed by atoms with Crippen LogP contribution < -0.4 is 11.1 Å². The zero-order chi connectivity index (χ0) is 18.2. The zero-order valence-corrected chi connectivity index (χ0v) is 15.2. The van der Waals surface area contributed by atoms with Gasteiger partial charge in [0.05, 0.1) is 6.07 Å². The van der Waals surface area contributed by atoms with Crippen LogP contribution >= 0.6 is 0 Å². The quantitative estimate of drug-likeness (QED) is 0.670. The smallest absolute Gasteiger partial charge is 0.227 e. The molecule has 1 heterocycles. The van der Waals surface area contributed by atoms with E-state index in [0.717, 1.165) is 19.5 Å². The van der Waals surface area contributed by atoms with Gasteiger partial charge in [0.1, 0.15) is 5.54 Å². The zero-order valence-electron chi connectivity index (χ0n) is 15.2. The summed E-state index contributed by atoms with van der Waals surface area (Å²) < 4.78 is 0. The third kappa shape index (κ3) is 5.79. The van der Waals surface area contributed by atoms with Crippen molar-refractivity contribution in [1.82, 2.24) is 10.2 Å². The lowest BCUT2D eigenvalue weighted by Crippen LogP contribution is -2.56. The first-order chi connectivity index (χ1) is 11.3. The third-order valence-electron chi connectivity index (χ3n) is 4.66. The van der Waals surface area contributed by atoms with E-state index in [0.29, 0.717) is 38.6 Å². The first-order valence-electron chi connectivity index (χ1n) is 8.81. The summed E-state index contributed by atoms with van der Waals surface area (Å²) >= 11 is 0. The number of nitriles is 1. The fraction of sp³-hybridized carbons (Fsp3) is 0.778. The summed E-state index contributed by atoms with van der Waals surface area (Å²) in [6.45, 7) is 8.07. The van der Waals surface area contributed by atoms with Crippen molar-refractivity contribution in [2.24, 2.45) is 11.1 Å². The number of hydrogen-bond acceptors (Lipinski definition) is 4. The second kappa shape index (κ2) is 9.03. The van der Waals surface area contributed by atoms with Gasteiger partial charge in [0.25, 0.3) is 0 Å². The highest BCUT2D eigenvalue weighted by Gasteiger charge is 2.40. The van der Waals surface area contributed by atoms with Crippen LogP contribution in [0.15, 0.2) is 0 Å². The lowest BCUT2D eigenvalue weighted by molar-refractivity contribution is -0.133. The maximum Gasteiger partial charge on any atom is 0.227 e. The summed E-state index contributed by atoms with van der Waals surface area (Å²) in [5.74, 6) is -0.396. The number of nitrogens with zero attached hydrogens (tertiary/aromatic N) is 2. The van der Waals surface area contributed by atoms with E-state index in [2.05, 4.69) is 11.4 Å². The first kappa shape index (κ1) is 20.4. The fourth-order valence-electron chi connectivity index (χ4n) is 3.30. The van der Waals surface area contributed by atoms with Crippen molar-refractivity contribution in [3.8, 4) is 6.07 Å². The van der Waals surface area contributed by atoms with Crippen molar-refractivity contribution in [1.29, 1.82) is 5.26 Å². The molecule has 0 saturated carbocycles. The molecule has 0 aliphatic carbocycles. The highest BCUT2D eigenvalue weighted by molar-refractivity contribution is 5.85. The van der Waals surface area contributed by atoms with E-state index < -0.39 is 5.54 Å². The topological polar surface area (TPSA) is 99.2 Å². The lowest BCUT2D eigenvalue weighted by atomic mass is 9.83. The summed E-state index contributed by atoms with van der Waals surface area (Å²) in [4.78, 5) is 25.5. The Morgan fingerprint density at radius 2 is 2.00 bits per heavy atom. The van der Waals surface area contributed by atoms with E-state index in [4.69, 9.17) is 5.73 Å². The number of rotatable bonds is 9. The number of carbonyl (C=O) groups excluding carboxylic acids is 2. The monoisotopic (exact) mass is 335 g/mol. The minimum absolute atomic E-state index is 0.0739. The Bertz CT molecular complexity index is 476. The van der Waals surface area contributed by atoms with Crippen molar-refractivity contribution >= 4 is 11.8 Å². The van der Waals surface area contributed by atoms with Crippen molar-refractivity contribution in [3.63, 3.8) is 0 Å². The Labute approximate surface area is 145 Å². The summed E-state index contributed by atoms with van der Waals surface area (Å²) in [6.07, 6.45) is 5.42. The average molecular weight is 335 g/mol. The predicted octanol–water partition coefficient (Wildman–Crippen LogP) is 1.76. The second-order valence-electron chi connectivity index (χ2n) is 7.43. The highest BCUT2D eigenvalue weighted by atomic mass is 16.2. The van der Waals surface area contributed by atoms with Crippen LogP contribution in [0.1, 0.15) is 59.3 Å². The molecular formula is C18H31N4O2. The molecule has 0 bridgehead atoms. The standard InChI is InChI=1S/C18H31N4O2/c1-4-12-22(18(14-19)8-10-21-11-9-18)16(24)6-5-7-17(2,3)13-15(20)23/h6,21H,4-5,7-13H2,1-3H3,(H2,20,23). The maximum absolute atomic E-state index is 12.7. The van der Waals surface area contributed by atoms with E-state index >= 15 is 0 Å². The molecule has 0 atom stereocenters. The molecule has 1 aliphatic rings. The van der Waals surface area contributed by atoms with Gasteiger partial charge in [0, 0.05) is 19.4 Å². The van der Waals surface area contributed by atoms with E-state index in [1.54, 1.807) is 11.3 Å². The van der Waals surface area contributed by atoms with Crippen LogP contribution in [-0.4, -0.2) is 41.9 Å². The molecule has 3 N–H and O–H groups in total. The molecule has 1 radical (unpaired) electrons. The van der Waals surface area contributed by atoms with Gasteiger partial charge in [-0.05, 0) is 50.6 Å². The van der Waals surface area contributed by atoms with Crippen LogP contribution in [0.2, 0.25) is 0 Å². The Hall–Kier alpha value is -1.61. The average Bonchev–Trinajstić information content (AvgIpc) is 2.51. The van der Waals surface area contributed by atoms with E-state index in [1.807, 2.05) is 20.8 Å². The van der Waals surface area contributed by atoms with Crippen molar-refractivity contribution in [2.45, 2.75) is 64.8 Å². The van der Waals surface area contributed by atoms with Gasteiger partial charge in [-0.15, -0.1) is 0 Å². The first-order valence-corrected chi connectivity index (χ1v) is 8.81. The molecule has 1 fully saturated rings. The molecule has 24 heavy (non-hydrogen) atoms.